The molecule has 118 valence electrons. The van der Waals surface area contributed by atoms with Crippen LogP contribution in [0.15, 0.2) is 59.1 Å². The second-order valence-corrected chi connectivity index (χ2v) is 5.68. The lowest BCUT2D eigenvalue weighted by molar-refractivity contribution is -0.134. The molecule has 0 aromatic heterocycles. The molecule has 0 unspecified atom stereocenters. The minimum absolute atomic E-state index is 0.269. The predicted molar refractivity (Wildman–Crippen MR) is 91.2 cm³/mol. The number of carbonyl (C=O) groups is 2. The molecule has 2 aromatic rings. The van der Waals surface area contributed by atoms with Gasteiger partial charge in [-0.25, -0.2) is 4.79 Å². The Balaban J connectivity index is 1.99. The maximum absolute atomic E-state index is 12.0. The van der Waals surface area contributed by atoms with E-state index >= 15 is 0 Å². The fourth-order valence-corrected chi connectivity index (χ4v) is 2.26. The molecule has 0 radical (unpaired) electrons. The predicted octanol–water partition coefficient (Wildman–Crippen LogP) is 4.09. The number of halogens is 1. The Morgan fingerprint density at radius 3 is 2.57 bits per heavy atom. The van der Waals surface area contributed by atoms with Gasteiger partial charge in [0.05, 0.1) is 4.47 Å². The molecule has 2 aromatic carbocycles. The van der Waals surface area contributed by atoms with Crippen LogP contribution >= 0.6 is 15.9 Å². The lowest BCUT2D eigenvalue weighted by atomic mass is 10.1. The molecule has 0 amide bonds. The summed E-state index contributed by atoms with van der Waals surface area (Å²) < 4.78 is 5.98. The highest BCUT2D eigenvalue weighted by Gasteiger charge is 2.09. The van der Waals surface area contributed by atoms with Gasteiger partial charge in [0.25, 0.3) is 0 Å². The molecule has 5 heteroatoms. The Kier molecular flexibility index (Phi) is 6.11. The van der Waals surface area contributed by atoms with Crippen LogP contribution in [0.5, 0.6) is 5.75 Å². The summed E-state index contributed by atoms with van der Waals surface area (Å²) in [6, 6.07) is 14.7. The first-order valence-corrected chi connectivity index (χ1v) is 7.79. The van der Waals surface area contributed by atoms with Gasteiger partial charge in [0.1, 0.15) is 5.75 Å². The van der Waals surface area contributed by atoms with Crippen LogP contribution in [0.1, 0.15) is 17.5 Å². The van der Waals surface area contributed by atoms with Gasteiger partial charge in [0.2, 0.25) is 0 Å². The highest BCUT2D eigenvalue weighted by atomic mass is 79.9. The zero-order chi connectivity index (χ0) is 16.7. The Bertz CT molecular complexity index is 723. The van der Waals surface area contributed by atoms with E-state index in [2.05, 4.69) is 15.9 Å². The zero-order valence-corrected chi connectivity index (χ0v) is 13.8. The van der Waals surface area contributed by atoms with Crippen molar-refractivity contribution in [3.63, 3.8) is 0 Å². The van der Waals surface area contributed by atoms with Gasteiger partial charge in [0, 0.05) is 12.5 Å². The minimum atomic E-state index is -1.03. The molecule has 0 saturated carbocycles. The van der Waals surface area contributed by atoms with Gasteiger partial charge in [-0.3, -0.25) is 4.79 Å². The Morgan fingerprint density at radius 1 is 1.13 bits per heavy atom. The topological polar surface area (TPSA) is 63.6 Å². The van der Waals surface area contributed by atoms with Crippen molar-refractivity contribution in [3.8, 4) is 5.75 Å². The van der Waals surface area contributed by atoms with Crippen LogP contribution in [0, 0.1) is 0 Å². The Hall–Kier alpha value is -2.40. The van der Waals surface area contributed by atoms with E-state index in [0.717, 1.165) is 11.6 Å². The molecule has 0 saturated heterocycles. The Labute approximate surface area is 142 Å². The monoisotopic (exact) mass is 374 g/mol. The lowest BCUT2D eigenvalue weighted by Gasteiger charge is -2.07. The first-order valence-electron chi connectivity index (χ1n) is 7.00. The van der Waals surface area contributed by atoms with E-state index in [1.54, 1.807) is 18.2 Å². The van der Waals surface area contributed by atoms with E-state index in [0.29, 0.717) is 22.2 Å². The number of carbonyl (C=O) groups excluding carboxylic acids is 1. The number of carboxylic acid groups (broad SMARTS) is 1. The van der Waals surface area contributed by atoms with Crippen molar-refractivity contribution in [2.45, 2.75) is 12.8 Å². The van der Waals surface area contributed by atoms with Gasteiger partial charge in [-0.2, -0.15) is 0 Å². The summed E-state index contributed by atoms with van der Waals surface area (Å²) >= 11 is 3.32. The number of ether oxygens (including phenoxy) is 1. The van der Waals surface area contributed by atoms with Crippen molar-refractivity contribution < 1.29 is 19.4 Å². The molecule has 2 rings (SSSR count). The van der Waals surface area contributed by atoms with Gasteiger partial charge < -0.3 is 9.84 Å². The van der Waals surface area contributed by atoms with Gasteiger partial charge in [-0.1, -0.05) is 36.4 Å². The van der Waals surface area contributed by atoms with Crippen LogP contribution in [0.4, 0.5) is 0 Å². The average molecular weight is 375 g/mol. The molecule has 1 N–H and O–H groups in total. The van der Waals surface area contributed by atoms with Crippen LogP contribution in [0.3, 0.4) is 0 Å². The van der Waals surface area contributed by atoms with E-state index in [1.165, 1.54) is 6.08 Å². The van der Waals surface area contributed by atoms with Crippen LogP contribution < -0.4 is 4.74 Å². The van der Waals surface area contributed by atoms with Crippen molar-refractivity contribution in [2.24, 2.45) is 0 Å². The molecule has 0 heterocycles. The van der Waals surface area contributed by atoms with Crippen molar-refractivity contribution in [1.82, 2.24) is 0 Å². The summed E-state index contributed by atoms with van der Waals surface area (Å²) in [6.45, 7) is 0. The highest BCUT2D eigenvalue weighted by Crippen LogP contribution is 2.27. The maximum Gasteiger partial charge on any atom is 0.328 e. The van der Waals surface area contributed by atoms with E-state index in [-0.39, 0.29) is 12.4 Å². The maximum atomic E-state index is 12.0. The first-order chi connectivity index (χ1) is 11.0. The fourth-order valence-electron chi connectivity index (χ4n) is 1.93. The highest BCUT2D eigenvalue weighted by molar-refractivity contribution is 9.10. The van der Waals surface area contributed by atoms with E-state index in [9.17, 15) is 9.59 Å². The van der Waals surface area contributed by atoms with E-state index in [4.69, 9.17) is 9.84 Å². The summed E-state index contributed by atoms with van der Waals surface area (Å²) in [6.07, 6.45) is 3.35. The molecule has 0 aliphatic carbocycles. The summed E-state index contributed by atoms with van der Waals surface area (Å²) in [4.78, 5) is 22.5. The van der Waals surface area contributed by atoms with E-state index < -0.39 is 5.97 Å². The second-order valence-electron chi connectivity index (χ2n) is 4.82. The number of esters is 1. The first kappa shape index (κ1) is 17.0. The number of aryl methyl sites for hydroxylation is 1. The number of aliphatic carboxylic acids is 1. The molecule has 4 nitrogen and oxygen atoms in total. The van der Waals surface area contributed by atoms with Crippen molar-refractivity contribution in [1.29, 1.82) is 0 Å². The number of hydrogen-bond donors (Lipinski definition) is 1. The van der Waals surface area contributed by atoms with Crippen LogP contribution in [-0.4, -0.2) is 17.0 Å². The van der Waals surface area contributed by atoms with Gasteiger partial charge >= 0.3 is 11.9 Å². The molecule has 23 heavy (non-hydrogen) atoms. The van der Waals surface area contributed by atoms with Crippen molar-refractivity contribution in [3.05, 3.63) is 70.2 Å². The van der Waals surface area contributed by atoms with Gasteiger partial charge in [-0.15, -0.1) is 0 Å². The average Bonchev–Trinajstić information content (AvgIpc) is 2.54. The Morgan fingerprint density at radius 2 is 1.87 bits per heavy atom. The van der Waals surface area contributed by atoms with Crippen LogP contribution in [0.25, 0.3) is 6.08 Å². The molecular weight excluding hydrogens is 360 g/mol. The van der Waals surface area contributed by atoms with Crippen molar-refractivity contribution >= 4 is 33.9 Å². The largest absolute Gasteiger partial charge is 0.478 e. The number of carboxylic acids is 1. The number of hydrogen-bond acceptors (Lipinski definition) is 3. The standard InChI is InChI=1S/C18H15BrO4/c19-15-9-6-14(7-10-17(20)21)12-16(15)23-18(22)11-8-13-4-2-1-3-5-13/h1-7,9-10,12H,8,11H2,(H,20,21)/b10-7+. The third-order valence-electron chi connectivity index (χ3n) is 3.06. The second kappa shape index (κ2) is 8.29. The van der Waals surface area contributed by atoms with Crippen LogP contribution in [-0.2, 0) is 16.0 Å². The lowest BCUT2D eigenvalue weighted by Crippen LogP contribution is -2.09. The summed E-state index contributed by atoms with van der Waals surface area (Å²) in [5.41, 5.74) is 1.71. The summed E-state index contributed by atoms with van der Waals surface area (Å²) in [5, 5.41) is 8.64. The van der Waals surface area contributed by atoms with Crippen molar-refractivity contribution in [2.75, 3.05) is 0 Å². The summed E-state index contributed by atoms with van der Waals surface area (Å²) in [5.74, 6) is -1.00. The molecule has 0 aliphatic rings. The molecule has 0 atom stereocenters. The SMILES string of the molecule is O=C(O)/C=C/c1ccc(Br)c(OC(=O)CCc2ccccc2)c1. The molecule has 0 fully saturated rings. The number of rotatable bonds is 6. The minimum Gasteiger partial charge on any atom is -0.478 e. The van der Waals surface area contributed by atoms with E-state index in [1.807, 2.05) is 30.3 Å². The van der Waals surface area contributed by atoms with Gasteiger partial charge in [-0.05, 0) is 51.7 Å². The molecular formula is C18H15BrO4. The molecule has 0 bridgehead atoms. The zero-order valence-electron chi connectivity index (χ0n) is 12.2. The summed E-state index contributed by atoms with van der Waals surface area (Å²) in [7, 11) is 0. The smallest absolute Gasteiger partial charge is 0.328 e. The third kappa shape index (κ3) is 5.71. The molecule has 0 aliphatic heterocycles. The third-order valence-corrected chi connectivity index (χ3v) is 3.71. The quantitative estimate of drug-likeness (QED) is 0.469. The normalized spacial score (nSPS) is 10.7. The van der Waals surface area contributed by atoms with Gasteiger partial charge in [0.15, 0.2) is 0 Å². The number of benzene rings is 2. The fraction of sp³-hybridized carbons (Fsp3) is 0.111. The van der Waals surface area contributed by atoms with Crippen LogP contribution in [0.2, 0.25) is 0 Å². The molecule has 0 spiro atoms.